The van der Waals surface area contributed by atoms with E-state index in [1.807, 2.05) is 30.8 Å². The second-order valence-electron chi connectivity index (χ2n) is 7.67. The number of halogens is 1. The average molecular weight is 470 g/mol. The van der Waals surface area contributed by atoms with Crippen molar-refractivity contribution < 1.29 is 19.2 Å². The Balaban J connectivity index is 1.71. The summed E-state index contributed by atoms with van der Waals surface area (Å²) in [5.41, 5.74) is 3.45. The number of hydrogen-bond donors (Lipinski definition) is 1. The second-order valence-corrected chi connectivity index (χ2v) is 10.6. The number of rotatable bonds is 9. The normalized spacial score (nSPS) is 22.1. The molecule has 30 heavy (non-hydrogen) atoms. The number of allylic oxidation sites excluding steroid dienone is 2. The zero-order valence-electron chi connectivity index (χ0n) is 17.2. The van der Waals surface area contributed by atoms with Crippen molar-refractivity contribution in [1.29, 1.82) is 0 Å². The van der Waals surface area contributed by atoms with Crippen LogP contribution < -0.4 is 5.48 Å². The minimum atomic E-state index is -0.307. The highest BCUT2D eigenvalue weighted by Gasteiger charge is 2.36. The maximum atomic E-state index is 13.0. The predicted octanol–water partition coefficient (Wildman–Crippen LogP) is 5.66. The second kappa shape index (κ2) is 11.4. The average Bonchev–Trinajstić information content (AvgIpc) is 3.13. The van der Waals surface area contributed by atoms with Gasteiger partial charge in [-0.1, -0.05) is 25.1 Å². The number of hydroxylamine groups is 1. The van der Waals surface area contributed by atoms with Gasteiger partial charge in [0.2, 0.25) is 0 Å². The minimum absolute atomic E-state index is 0.0404. The molecule has 1 aliphatic heterocycles. The van der Waals surface area contributed by atoms with Crippen LogP contribution in [0, 0.1) is 11.8 Å². The summed E-state index contributed by atoms with van der Waals surface area (Å²) < 4.78 is 6.36. The molecule has 2 unspecified atom stereocenters. The van der Waals surface area contributed by atoms with Gasteiger partial charge in [0.1, 0.15) is 12.4 Å². The van der Waals surface area contributed by atoms with Crippen LogP contribution in [0.2, 0.25) is 4.34 Å². The Morgan fingerprint density at radius 1 is 1.33 bits per heavy atom. The molecule has 0 bridgehead atoms. The summed E-state index contributed by atoms with van der Waals surface area (Å²) >= 11 is 9.31. The van der Waals surface area contributed by atoms with Crippen LogP contribution in [0.4, 0.5) is 0 Å². The van der Waals surface area contributed by atoms with E-state index in [-0.39, 0.29) is 17.7 Å². The first-order valence-corrected chi connectivity index (χ1v) is 12.7. The molecule has 8 heteroatoms. The Morgan fingerprint density at radius 3 is 2.83 bits per heavy atom. The van der Waals surface area contributed by atoms with Crippen LogP contribution in [0.5, 0.6) is 0 Å². The number of carbonyl (C=O) groups excluding carboxylic acids is 2. The monoisotopic (exact) mass is 469 g/mol. The Labute approximate surface area is 191 Å². The van der Waals surface area contributed by atoms with Gasteiger partial charge < -0.3 is 4.74 Å². The van der Waals surface area contributed by atoms with E-state index in [1.165, 1.54) is 23.5 Å². The van der Waals surface area contributed by atoms with Crippen molar-refractivity contribution in [2.75, 3.05) is 11.5 Å². The largest absolute Gasteiger partial charge is 0.430 e. The molecule has 1 aromatic heterocycles. The van der Waals surface area contributed by atoms with Crippen molar-refractivity contribution in [3.8, 4) is 0 Å². The Bertz CT molecular complexity index is 814. The molecule has 3 rings (SSSR count). The highest BCUT2D eigenvalue weighted by molar-refractivity contribution is 7.99. The van der Waals surface area contributed by atoms with Crippen molar-refractivity contribution in [1.82, 2.24) is 5.48 Å². The molecule has 5 nitrogen and oxygen atoms in total. The predicted molar refractivity (Wildman–Crippen MR) is 122 cm³/mol. The quantitative estimate of drug-likeness (QED) is 0.372. The summed E-state index contributed by atoms with van der Waals surface area (Å²) in [4.78, 5) is 31.7. The van der Waals surface area contributed by atoms with E-state index in [1.54, 1.807) is 0 Å². The van der Waals surface area contributed by atoms with E-state index >= 15 is 0 Å². The lowest BCUT2D eigenvalue weighted by molar-refractivity contribution is -0.140. The third-order valence-corrected chi connectivity index (χ3v) is 7.79. The molecule has 1 saturated heterocycles. The molecule has 0 spiro atoms. The molecule has 0 saturated carbocycles. The first kappa shape index (κ1) is 23.4. The molecule has 164 valence electrons. The maximum absolute atomic E-state index is 13.0. The van der Waals surface area contributed by atoms with E-state index < -0.39 is 0 Å². The topological polar surface area (TPSA) is 64.6 Å². The smallest absolute Gasteiger partial charge is 0.310 e. The number of thioether (sulfide) groups is 1. The number of thiophene rings is 1. The third-order valence-electron chi connectivity index (χ3n) is 5.35. The Kier molecular flexibility index (Phi) is 8.86. The zero-order chi connectivity index (χ0) is 21.5. The molecule has 1 aromatic rings. The molecular weight excluding hydrogens is 442 g/mol. The van der Waals surface area contributed by atoms with Gasteiger partial charge in [-0.05, 0) is 54.7 Å². The van der Waals surface area contributed by atoms with Gasteiger partial charge >= 0.3 is 5.97 Å². The van der Waals surface area contributed by atoms with Gasteiger partial charge in [-0.25, -0.2) is 0 Å². The fourth-order valence-corrected chi connectivity index (χ4v) is 6.16. The first-order valence-electron chi connectivity index (χ1n) is 10.3. The molecule has 1 aliphatic carbocycles. The zero-order valence-corrected chi connectivity index (χ0v) is 19.6. The molecule has 1 N–H and O–H groups in total. The van der Waals surface area contributed by atoms with Gasteiger partial charge in [0.15, 0.2) is 5.78 Å². The van der Waals surface area contributed by atoms with Crippen molar-refractivity contribution in [2.24, 2.45) is 11.8 Å². The van der Waals surface area contributed by atoms with Crippen LogP contribution in [-0.2, 0) is 25.8 Å². The van der Waals surface area contributed by atoms with Crippen molar-refractivity contribution in [2.45, 2.75) is 52.1 Å². The summed E-state index contributed by atoms with van der Waals surface area (Å²) in [6, 6.07) is 3.69. The lowest BCUT2D eigenvalue weighted by Gasteiger charge is -2.33. The number of hydrogen-bond acceptors (Lipinski definition) is 7. The number of ketones is 1. The molecule has 1 fully saturated rings. The highest BCUT2D eigenvalue weighted by Crippen LogP contribution is 2.39. The Morgan fingerprint density at radius 2 is 2.17 bits per heavy atom. The summed E-state index contributed by atoms with van der Waals surface area (Å²) in [5, 5.41) is 0. The van der Waals surface area contributed by atoms with Crippen molar-refractivity contribution in [3.05, 3.63) is 45.0 Å². The molecule has 2 aliphatic rings. The summed E-state index contributed by atoms with van der Waals surface area (Å²) in [6.07, 6.45) is 4.37. The lowest BCUT2D eigenvalue weighted by atomic mass is 9.77. The molecule has 0 amide bonds. The van der Waals surface area contributed by atoms with E-state index in [9.17, 15) is 9.59 Å². The number of carbonyl (C=O) groups is 2. The van der Waals surface area contributed by atoms with Crippen LogP contribution in [0.3, 0.4) is 0 Å². The third kappa shape index (κ3) is 6.36. The minimum Gasteiger partial charge on any atom is -0.430 e. The van der Waals surface area contributed by atoms with Crippen LogP contribution >= 0.6 is 34.7 Å². The lowest BCUT2D eigenvalue weighted by Crippen LogP contribution is -2.32. The number of nitrogens with one attached hydrogen (secondary N) is 1. The van der Waals surface area contributed by atoms with Crippen LogP contribution in [0.25, 0.3) is 0 Å². The van der Waals surface area contributed by atoms with E-state index in [0.29, 0.717) is 59.6 Å². The van der Waals surface area contributed by atoms with Gasteiger partial charge in [0.05, 0.1) is 15.6 Å². The van der Waals surface area contributed by atoms with Gasteiger partial charge in [-0.2, -0.15) is 11.8 Å². The van der Waals surface area contributed by atoms with E-state index in [2.05, 4.69) is 12.1 Å². The summed E-state index contributed by atoms with van der Waals surface area (Å²) in [5.74, 6) is 3.03. The summed E-state index contributed by atoms with van der Waals surface area (Å²) in [7, 11) is 0. The van der Waals surface area contributed by atoms with Gasteiger partial charge in [0.25, 0.3) is 0 Å². The molecule has 0 radical (unpaired) electrons. The highest BCUT2D eigenvalue weighted by atomic mass is 35.5. The van der Waals surface area contributed by atoms with E-state index in [0.717, 1.165) is 17.1 Å². The van der Waals surface area contributed by atoms with Crippen LogP contribution in [0.15, 0.2) is 35.7 Å². The number of ether oxygens (including phenoxy) is 1. The molecule has 0 aromatic carbocycles. The first-order chi connectivity index (χ1) is 14.5. The number of esters is 1. The van der Waals surface area contributed by atoms with E-state index in [4.69, 9.17) is 21.2 Å². The summed E-state index contributed by atoms with van der Waals surface area (Å²) in [6.45, 7) is 6.20. The standard InChI is InChI=1S/C22H28ClNO4S2/c1-3-5-21(26)28-19-11-16(15-6-4-9-29-13-15)10-18(25)22(19)14(2)24-27-12-17-7-8-20(23)30-17/h7-8,15-16,24H,2-6,9-13H2,1H3. The van der Waals surface area contributed by atoms with Crippen LogP contribution in [0.1, 0.15) is 50.3 Å². The number of Topliss-reactive ketones (excluding diaryl/α,β-unsaturated/α-hetero) is 1. The SMILES string of the molecule is C=C(NOCc1ccc(Cl)s1)C1=C(OC(=O)CCC)CC(C2CCCSC2)CC1=O. The van der Waals surface area contributed by atoms with Crippen molar-refractivity contribution >= 4 is 46.5 Å². The van der Waals surface area contributed by atoms with Crippen LogP contribution in [-0.4, -0.2) is 23.3 Å². The fraction of sp³-hybridized carbons (Fsp3) is 0.545. The maximum Gasteiger partial charge on any atom is 0.310 e. The molecule has 2 atom stereocenters. The van der Waals surface area contributed by atoms with Gasteiger partial charge in [-0.15, -0.1) is 11.3 Å². The molecular formula is C22H28ClNO4S2. The van der Waals surface area contributed by atoms with Gasteiger partial charge in [0, 0.05) is 24.1 Å². The molecule has 2 heterocycles. The Hall–Kier alpha value is -1.28. The van der Waals surface area contributed by atoms with Gasteiger partial charge in [-0.3, -0.25) is 19.9 Å². The fourth-order valence-electron chi connectivity index (χ4n) is 3.88. The van der Waals surface area contributed by atoms with Crippen molar-refractivity contribution in [3.63, 3.8) is 0 Å².